The highest BCUT2D eigenvalue weighted by atomic mass is 79.9. The summed E-state index contributed by atoms with van der Waals surface area (Å²) in [7, 11) is 1.43. The number of carbonyl (C=O) groups is 1. The number of carbonyl (C=O) groups excluding carboxylic acids is 1. The highest BCUT2D eigenvalue weighted by Gasteiger charge is 2.63. The molecule has 102 valence electrons. The van der Waals surface area contributed by atoms with E-state index in [0.29, 0.717) is 0 Å². The smallest absolute Gasteiger partial charge is 0.309 e. The molecule has 0 heterocycles. The molecular weight excluding hydrogens is 328 g/mol. The van der Waals surface area contributed by atoms with Gasteiger partial charge in [-0.1, -0.05) is 53.5 Å². The van der Waals surface area contributed by atoms with Crippen molar-refractivity contribution in [2.24, 2.45) is 17.3 Å². The molecule has 19 heavy (non-hydrogen) atoms. The quantitative estimate of drug-likeness (QED) is 0.757. The van der Waals surface area contributed by atoms with Gasteiger partial charge >= 0.3 is 5.97 Å². The molecule has 2 nitrogen and oxygen atoms in total. The second-order valence-electron chi connectivity index (χ2n) is 5.37. The predicted octanol–water partition coefficient (Wildman–Crippen LogP) is 4.47. The number of hydrogen-bond donors (Lipinski definition) is 0. The molecule has 0 aromatic heterocycles. The minimum absolute atomic E-state index is 0.103. The number of methoxy groups -OCH3 is 1. The van der Waals surface area contributed by atoms with Crippen molar-refractivity contribution in [2.75, 3.05) is 7.11 Å². The molecule has 1 fully saturated rings. The Morgan fingerprint density at radius 1 is 1.42 bits per heavy atom. The van der Waals surface area contributed by atoms with Gasteiger partial charge in [-0.25, -0.2) is 0 Å². The third kappa shape index (κ3) is 2.59. The van der Waals surface area contributed by atoms with Crippen LogP contribution < -0.4 is 0 Å². The second kappa shape index (κ2) is 5.29. The number of hydrogen-bond acceptors (Lipinski definition) is 2. The molecule has 1 aromatic rings. The van der Waals surface area contributed by atoms with Crippen LogP contribution in [0, 0.1) is 17.3 Å². The average molecular weight is 344 g/mol. The van der Waals surface area contributed by atoms with Gasteiger partial charge in [-0.15, -0.1) is 0 Å². The molecular formula is C15H16BrClO2. The van der Waals surface area contributed by atoms with Gasteiger partial charge in [0, 0.05) is 15.9 Å². The van der Waals surface area contributed by atoms with Crippen LogP contribution in [0.3, 0.4) is 0 Å². The van der Waals surface area contributed by atoms with Crippen molar-refractivity contribution in [1.29, 1.82) is 0 Å². The molecule has 0 radical (unpaired) electrons. The highest BCUT2D eigenvalue weighted by Crippen LogP contribution is 2.64. The number of esters is 1. The summed E-state index contributed by atoms with van der Waals surface area (Å²) in [5.41, 5.74) is 3.49. The van der Waals surface area contributed by atoms with E-state index in [9.17, 15) is 4.79 Å². The molecule has 2 unspecified atom stereocenters. The number of ether oxygens (including phenoxy) is 1. The van der Waals surface area contributed by atoms with Crippen molar-refractivity contribution in [3.8, 4) is 0 Å². The Morgan fingerprint density at radius 3 is 2.63 bits per heavy atom. The number of allylic oxidation sites excluding steroid dienone is 1. The van der Waals surface area contributed by atoms with Gasteiger partial charge in [0.1, 0.15) is 0 Å². The van der Waals surface area contributed by atoms with Crippen LogP contribution in [0.2, 0.25) is 0 Å². The standard InChI is InChI=1S/C15H16BrClO2/c1-15(2)12(13(15)14(18)19-3)11(8-17)9-5-4-6-10(16)7-9/h4-8,12-13H,1-3H3. The molecule has 2 atom stereocenters. The van der Waals surface area contributed by atoms with Crippen molar-refractivity contribution in [3.63, 3.8) is 0 Å². The molecule has 0 N–H and O–H groups in total. The fraction of sp³-hybridized carbons (Fsp3) is 0.400. The molecule has 0 spiro atoms. The zero-order chi connectivity index (χ0) is 14.2. The lowest BCUT2D eigenvalue weighted by Gasteiger charge is -2.08. The molecule has 1 aliphatic carbocycles. The Bertz CT molecular complexity index is 537. The molecule has 0 aliphatic heterocycles. The van der Waals surface area contributed by atoms with E-state index in [0.717, 1.165) is 15.6 Å². The summed E-state index contributed by atoms with van der Waals surface area (Å²) < 4.78 is 5.87. The lowest BCUT2D eigenvalue weighted by Crippen LogP contribution is -2.07. The first-order chi connectivity index (χ1) is 8.93. The van der Waals surface area contributed by atoms with E-state index in [1.54, 1.807) is 5.54 Å². The predicted molar refractivity (Wildman–Crippen MR) is 80.7 cm³/mol. The molecule has 1 saturated carbocycles. The second-order valence-corrected chi connectivity index (χ2v) is 6.51. The molecule has 0 amide bonds. The van der Waals surface area contributed by atoms with Crippen LogP contribution in [0.25, 0.3) is 5.57 Å². The normalized spacial score (nSPS) is 25.0. The minimum Gasteiger partial charge on any atom is -0.469 e. The van der Waals surface area contributed by atoms with Crippen LogP contribution >= 0.6 is 27.5 Å². The van der Waals surface area contributed by atoms with Crippen molar-refractivity contribution in [3.05, 3.63) is 39.8 Å². The van der Waals surface area contributed by atoms with Crippen molar-refractivity contribution in [1.82, 2.24) is 0 Å². The Hall–Kier alpha value is -0.800. The zero-order valence-electron chi connectivity index (χ0n) is 11.1. The van der Waals surface area contributed by atoms with E-state index >= 15 is 0 Å². The first-order valence-corrected chi connectivity index (χ1v) is 7.30. The van der Waals surface area contributed by atoms with Gasteiger partial charge in [0.05, 0.1) is 13.0 Å². The Morgan fingerprint density at radius 2 is 2.11 bits per heavy atom. The molecule has 2 rings (SSSR count). The van der Waals surface area contributed by atoms with Gasteiger partial charge in [0.2, 0.25) is 0 Å². The van der Waals surface area contributed by atoms with Gasteiger partial charge in [-0.05, 0) is 28.7 Å². The number of benzene rings is 1. The van der Waals surface area contributed by atoms with E-state index in [1.807, 2.05) is 24.3 Å². The van der Waals surface area contributed by atoms with E-state index < -0.39 is 0 Å². The van der Waals surface area contributed by atoms with Crippen molar-refractivity contribution < 1.29 is 9.53 Å². The summed E-state index contributed by atoms with van der Waals surface area (Å²) in [4.78, 5) is 11.8. The maximum Gasteiger partial charge on any atom is 0.309 e. The molecule has 1 aliphatic rings. The van der Waals surface area contributed by atoms with Gasteiger partial charge in [0.15, 0.2) is 0 Å². The molecule has 0 bridgehead atoms. The summed E-state index contributed by atoms with van der Waals surface area (Å²) in [5.74, 6) is -0.186. The topological polar surface area (TPSA) is 26.3 Å². The van der Waals surface area contributed by atoms with E-state index in [-0.39, 0.29) is 23.2 Å². The number of rotatable bonds is 3. The van der Waals surface area contributed by atoms with Crippen LogP contribution in [-0.4, -0.2) is 13.1 Å². The van der Waals surface area contributed by atoms with Crippen LogP contribution in [-0.2, 0) is 9.53 Å². The monoisotopic (exact) mass is 342 g/mol. The Balaban J connectivity index is 2.33. The zero-order valence-corrected chi connectivity index (χ0v) is 13.5. The summed E-state index contributed by atoms with van der Waals surface area (Å²) >= 11 is 9.45. The van der Waals surface area contributed by atoms with Gasteiger partial charge in [-0.2, -0.15) is 0 Å². The highest BCUT2D eigenvalue weighted by molar-refractivity contribution is 9.10. The van der Waals surface area contributed by atoms with E-state index in [2.05, 4.69) is 29.8 Å². The Labute approximate surface area is 126 Å². The van der Waals surface area contributed by atoms with E-state index in [4.69, 9.17) is 16.3 Å². The van der Waals surface area contributed by atoms with Crippen LogP contribution in [0.15, 0.2) is 34.3 Å². The molecule has 4 heteroatoms. The fourth-order valence-corrected chi connectivity index (χ4v) is 3.42. The molecule has 0 saturated heterocycles. The lowest BCUT2D eigenvalue weighted by molar-refractivity contribution is -0.143. The first kappa shape index (κ1) is 14.6. The SMILES string of the molecule is COC(=O)C1C(C(=CCl)c2cccc(Br)c2)C1(C)C. The fourth-order valence-electron chi connectivity index (χ4n) is 2.76. The van der Waals surface area contributed by atoms with Crippen molar-refractivity contribution >= 4 is 39.1 Å². The first-order valence-electron chi connectivity index (χ1n) is 6.07. The maximum absolute atomic E-state index is 11.8. The number of halogens is 2. The van der Waals surface area contributed by atoms with Crippen molar-refractivity contribution in [2.45, 2.75) is 13.8 Å². The molecule has 1 aromatic carbocycles. The van der Waals surface area contributed by atoms with Crippen LogP contribution in [0.4, 0.5) is 0 Å². The summed E-state index contributed by atoms with van der Waals surface area (Å²) in [6, 6.07) is 7.94. The lowest BCUT2D eigenvalue weighted by atomic mass is 9.98. The van der Waals surface area contributed by atoms with Gasteiger partial charge in [-0.3, -0.25) is 4.79 Å². The third-order valence-electron chi connectivity index (χ3n) is 3.89. The van der Waals surface area contributed by atoms with E-state index in [1.165, 1.54) is 7.11 Å². The minimum atomic E-state index is -0.166. The largest absolute Gasteiger partial charge is 0.469 e. The maximum atomic E-state index is 11.8. The third-order valence-corrected chi connectivity index (χ3v) is 4.62. The summed E-state index contributed by atoms with van der Waals surface area (Å²) in [6.45, 7) is 4.13. The average Bonchev–Trinajstić information content (AvgIpc) is 2.92. The summed E-state index contributed by atoms with van der Waals surface area (Å²) in [5, 5.41) is 0. The van der Waals surface area contributed by atoms with Gasteiger partial charge in [0.25, 0.3) is 0 Å². The van der Waals surface area contributed by atoms with Crippen LogP contribution in [0.5, 0.6) is 0 Å². The van der Waals surface area contributed by atoms with Gasteiger partial charge < -0.3 is 4.74 Å². The van der Waals surface area contributed by atoms with Crippen LogP contribution in [0.1, 0.15) is 19.4 Å². The Kier molecular flexibility index (Phi) is 4.07. The summed E-state index contributed by atoms with van der Waals surface area (Å²) in [6.07, 6.45) is 0.